The van der Waals surface area contributed by atoms with Crippen molar-refractivity contribution >= 4 is 17.8 Å². The summed E-state index contributed by atoms with van der Waals surface area (Å²) in [6, 6.07) is 18.6. The summed E-state index contributed by atoms with van der Waals surface area (Å²) in [5.41, 5.74) is 5.11. The highest BCUT2D eigenvalue weighted by Gasteiger charge is 2.43. The first-order valence-electron chi connectivity index (χ1n) is 16.1. The Morgan fingerprint density at radius 2 is 1.76 bits per heavy atom. The average molecular weight is 613 g/mol. The summed E-state index contributed by atoms with van der Waals surface area (Å²) in [4.78, 5) is 38.0. The van der Waals surface area contributed by atoms with Crippen molar-refractivity contribution in [3.63, 3.8) is 0 Å². The van der Waals surface area contributed by atoms with Gasteiger partial charge in [0.25, 0.3) is 0 Å². The Morgan fingerprint density at radius 3 is 2.47 bits per heavy atom. The zero-order chi connectivity index (χ0) is 32.3. The molecule has 8 nitrogen and oxygen atoms in total. The number of anilines is 1. The molecule has 2 aromatic carbocycles. The van der Waals surface area contributed by atoms with E-state index in [-0.39, 0.29) is 24.0 Å². The predicted molar refractivity (Wildman–Crippen MR) is 177 cm³/mol. The highest BCUT2D eigenvalue weighted by Crippen LogP contribution is 2.39. The van der Waals surface area contributed by atoms with Crippen LogP contribution >= 0.6 is 0 Å². The molecule has 45 heavy (non-hydrogen) atoms. The summed E-state index contributed by atoms with van der Waals surface area (Å²) in [5, 5.41) is 0. The molecule has 2 amide bonds. The van der Waals surface area contributed by atoms with Crippen molar-refractivity contribution in [3.05, 3.63) is 88.6 Å². The van der Waals surface area contributed by atoms with Gasteiger partial charge in [0.2, 0.25) is 5.91 Å². The third-order valence-electron chi connectivity index (χ3n) is 8.87. The summed E-state index contributed by atoms with van der Waals surface area (Å²) in [6.07, 6.45) is 4.12. The fourth-order valence-corrected chi connectivity index (χ4v) is 6.04. The summed E-state index contributed by atoms with van der Waals surface area (Å²) in [7, 11) is 3.93. The first-order valence-corrected chi connectivity index (χ1v) is 16.1. The van der Waals surface area contributed by atoms with Crippen molar-refractivity contribution < 1.29 is 19.1 Å². The first kappa shape index (κ1) is 32.3. The van der Waals surface area contributed by atoms with Crippen LogP contribution in [0.25, 0.3) is 0 Å². The molecule has 1 saturated carbocycles. The number of carbonyl (C=O) groups is 2. The van der Waals surface area contributed by atoms with Crippen LogP contribution in [0, 0.1) is 19.8 Å². The number of aromatic nitrogens is 1. The minimum atomic E-state index is -0.607. The van der Waals surface area contributed by atoms with Gasteiger partial charge in [-0.15, -0.1) is 0 Å². The summed E-state index contributed by atoms with van der Waals surface area (Å²) < 4.78 is 12.0. The summed E-state index contributed by atoms with van der Waals surface area (Å²) in [6.45, 7) is 11.7. The quantitative estimate of drug-likeness (QED) is 0.262. The van der Waals surface area contributed by atoms with E-state index in [1.54, 1.807) is 11.1 Å². The molecule has 3 aromatic rings. The minimum absolute atomic E-state index is 0.0548. The molecule has 1 aliphatic heterocycles. The second-order valence-electron chi connectivity index (χ2n) is 13.8. The van der Waals surface area contributed by atoms with Gasteiger partial charge < -0.3 is 24.2 Å². The third kappa shape index (κ3) is 8.16. The summed E-state index contributed by atoms with van der Waals surface area (Å²) in [5.74, 6) is 1.29. The van der Waals surface area contributed by atoms with E-state index in [1.165, 1.54) is 16.7 Å². The van der Waals surface area contributed by atoms with Gasteiger partial charge in [0.15, 0.2) is 0 Å². The van der Waals surface area contributed by atoms with Gasteiger partial charge in [-0.1, -0.05) is 30.3 Å². The number of pyridine rings is 1. The number of rotatable bonds is 9. The Balaban J connectivity index is 1.40. The van der Waals surface area contributed by atoms with Crippen LogP contribution in [0.5, 0.6) is 5.75 Å². The van der Waals surface area contributed by atoms with Gasteiger partial charge in [-0.3, -0.25) is 4.79 Å². The van der Waals surface area contributed by atoms with E-state index in [2.05, 4.69) is 54.1 Å². The lowest BCUT2D eigenvalue weighted by molar-refractivity contribution is -0.139. The molecule has 2 aliphatic rings. The topological polar surface area (TPSA) is 75.2 Å². The molecule has 2 heterocycles. The Morgan fingerprint density at radius 1 is 1.00 bits per heavy atom. The number of carbonyl (C=O) groups excluding carboxylic acids is 2. The normalized spacial score (nSPS) is 18.3. The fourth-order valence-electron chi connectivity index (χ4n) is 6.04. The van der Waals surface area contributed by atoms with E-state index in [1.807, 2.05) is 64.0 Å². The van der Waals surface area contributed by atoms with E-state index >= 15 is 0 Å². The Bertz CT molecular complexity index is 1510. The van der Waals surface area contributed by atoms with Crippen molar-refractivity contribution in [1.82, 2.24) is 14.8 Å². The number of aryl methyl sites for hydroxylation is 1. The zero-order valence-electron chi connectivity index (χ0n) is 27.9. The molecule has 240 valence electrons. The van der Waals surface area contributed by atoms with Crippen molar-refractivity contribution in [1.29, 1.82) is 0 Å². The van der Waals surface area contributed by atoms with Gasteiger partial charge >= 0.3 is 6.09 Å². The van der Waals surface area contributed by atoms with Crippen LogP contribution in [-0.4, -0.2) is 65.6 Å². The molecular weight excluding hydrogens is 564 g/mol. The highest BCUT2D eigenvalue weighted by molar-refractivity contribution is 5.82. The van der Waals surface area contributed by atoms with Gasteiger partial charge in [0.1, 0.15) is 23.8 Å². The smallest absolute Gasteiger partial charge is 0.410 e. The molecule has 2 fully saturated rings. The fraction of sp³-hybridized carbons (Fsp3) is 0.486. The number of ether oxygens (including phenoxy) is 2. The van der Waals surface area contributed by atoms with Gasteiger partial charge in [0.05, 0.1) is 5.92 Å². The molecule has 8 heteroatoms. The molecule has 0 bridgehead atoms. The maximum atomic E-state index is 14.6. The van der Waals surface area contributed by atoms with Crippen LogP contribution in [0.15, 0.2) is 60.8 Å². The van der Waals surface area contributed by atoms with Crippen LogP contribution in [0.4, 0.5) is 10.6 Å². The monoisotopic (exact) mass is 612 g/mol. The zero-order valence-corrected chi connectivity index (χ0v) is 27.9. The highest BCUT2D eigenvalue weighted by atomic mass is 16.6. The summed E-state index contributed by atoms with van der Waals surface area (Å²) >= 11 is 0. The molecule has 1 saturated heterocycles. The van der Waals surface area contributed by atoms with Crippen LogP contribution in [0.2, 0.25) is 0 Å². The molecule has 0 unspecified atom stereocenters. The van der Waals surface area contributed by atoms with Gasteiger partial charge in [0, 0.05) is 46.0 Å². The van der Waals surface area contributed by atoms with Crippen LogP contribution in [0.3, 0.4) is 0 Å². The van der Waals surface area contributed by atoms with Crippen LogP contribution in [0.1, 0.15) is 73.8 Å². The van der Waals surface area contributed by atoms with Gasteiger partial charge in [-0.25, -0.2) is 9.78 Å². The van der Waals surface area contributed by atoms with E-state index in [9.17, 15) is 9.59 Å². The lowest BCUT2D eigenvalue weighted by Gasteiger charge is -2.40. The second-order valence-corrected chi connectivity index (χ2v) is 13.8. The lowest BCUT2D eigenvalue weighted by atomic mass is 9.79. The van der Waals surface area contributed by atoms with E-state index in [4.69, 9.17) is 9.47 Å². The minimum Gasteiger partial charge on any atom is -0.489 e. The number of hydrogen-bond donors (Lipinski definition) is 0. The van der Waals surface area contributed by atoms with Gasteiger partial charge in [-0.2, -0.15) is 0 Å². The average Bonchev–Trinajstić information content (AvgIpc) is 3.85. The number of likely N-dealkylation sites (tertiary alicyclic amines) is 1. The Labute approximate surface area is 268 Å². The number of nitrogens with zero attached hydrogens (tertiary/aromatic N) is 4. The van der Waals surface area contributed by atoms with Crippen molar-refractivity contribution in [2.24, 2.45) is 5.92 Å². The Hall–Kier alpha value is -4.07. The third-order valence-corrected chi connectivity index (χ3v) is 8.87. The molecule has 5 rings (SSSR count). The molecule has 0 spiro atoms. The number of hydrogen-bond acceptors (Lipinski definition) is 6. The molecule has 0 N–H and O–H groups in total. The molecule has 0 radical (unpaired) electrons. The molecule has 1 aromatic heterocycles. The van der Waals surface area contributed by atoms with Crippen molar-refractivity contribution in [2.75, 3.05) is 32.1 Å². The van der Waals surface area contributed by atoms with E-state index in [0.717, 1.165) is 35.5 Å². The standard InChI is InChI=1S/C37H48N4O4/c1-25-10-8-12-29(26(25)2)22-41(30-14-15-30)35(42)33-23-40(36(43)45-37(3,4)5)19-17-32(33)28-11-9-13-31(21-28)44-24-27-16-18-38-34(20-27)39(6)7/h8-13,16,18,20-21,30,32-33H,14-15,17,19,22-24H2,1-7H3/t32-,33+/m1/s1. The maximum Gasteiger partial charge on any atom is 0.410 e. The predicted octanol–water partition coefficient (Wildman–Crippen LogP) is 6.88. The molecule has 1 aliphatic carbocycles. The number of benzene rings is 2. The molecular formula is C37H48N4O4. The number of piperidine rings is 1. The van der Waals surface area contributed by atoms with Crippen LogP contribution < -0.4 is 9.64 Å². The van der Waals surface area contributed by atoms with Crippen LogP contribution in [-0.2, 0) is 22.7 Å². The Kier molecular flexibility index (Phi) is 9.70. The maximum absolute atomic E-state index is 14.6. The van der Waals surface area contributed by atoms with Crippen molar-refractivity contribution in [2.45, 2.75) is 84.6 Å². The second kappa shape index (κ2) is 13.5. The first-order chi connectivity index (χ1) is 21.4. The SMILES string of the molecule is Cc1cccc(CN(C(=O)[C@H]2CN(C(=O)OC(C)(C)C)CC[C@@H]2c2cccc(OCc3ccnc(N(C)C)c3)c2)C2CC2)c1C. The van der Waals surface area contributed by atoms with E-state index in [0.29, 0.717) is 32.7 Å². The number of amides is 2. The van der Waals surface area contributed by atoms with Gasteiger partial charge in [-0.05, 0) is 112 Å². The van der Waals surface area contributed by atoms with Crippen molar-refractivity contribution in [3.8, 4) is 5.75 Å². The lowest BCUT2D eigenvalue weighted by Crippen LogP contribution is -2.51. The molecule has 2 atom stereocenters. The largest absolute Gasteiger partial charge is 0.489 e. The van der Waals surface area contributed by atoms with E-state index < -0.39 is 11.5 Å².